The second-order valence-electron chi connectivity index (χ2n) is 32.8. The largest absolute Gasteiger partial charge is 0.497 e. The van der Waals surface area contributed by atoms with E-state index >= 15 is 0 Å². The topological polar surface area (TPSA) is 73.8 Å². The summed E-state index contributed by atoms with van der Waals surface area (Å²) in [4.78, 5) is 19.3. The highest BCUT2D eigenvalue weighted by atomic mass is 32.1. The van der Waals surface area contributed by atoms with Gasteiger partial charge in [-0.1, -0.05) is 157 Å². The number of thiophene rings is 8. The lowest BCUT2D eigenvalue weighted by Crippen LogP contribution is -2.11. The molecule has 16 rings (SSSR count). The molecule has 0 aliphatic rings. The molecule has 4 unspecified atom stereocenters. The van der Waals surface area contributed by atoms with E-state index < -0.39 is 0 Å². The Kier molecular flexibility index (Phi) is 29.5. The van der Waals surface area contributed by atoms with E-state index in [0.717, 1.165) is 93.9 Å². The van der Waals surface area contributed by atoms with E-state index in [-0.39, 0.29) is 0 Å². The van der Waals surface area contributed by atoms with Crippen LogP contribution >= 0.6 is 90.7 Å². The first kappa shape index (κ1) is 88.2. The fourth-order valence-electron chi connectivity index (χ4n) is 16.9. The number of unbranched alkanes of at least 4 members (excludes halogenated alkanes) is 4. The average molecular weight is 1800 g/mol. The second-order valence-corrected chi connectivity index (χ2v) is 41.5. The van der Waals surface area contributed by atoms with Crippen molar-refractivity contribution < 1.29 is 37.9 Å². The summed E-state index contributed by atoms with van der Waals surface area (Å²) in [5.74, 6) is 8.62. The number of ether oxygens (including phenoxy) is 8. The van der Waals surface area contributed by atoms with E-state index in [9.17, 15) is 0 Å². The van der Waals surface area contributed by atoms with Crippen LogP contribution in [0.25, 0.3) is 155 Å². The first-order valence-corrected chi connectivity index (χ1v) is 51.2. The predicted octanol–water partition coefficient (Wildman–Crippen LogP) is 35.5. The van der Waals surface area contributed by atoms with Crippen molar-refractivity contribution in [2.45, 2.75) is 158 Å². The van der Waals surface area contributed by atoms with Crippen molar-refractivity contribution >= 4 is 123 Å². The third-order valence-electron chi connectivity index (χ3n) is 24.5. The summed E-state index contributed by atoms with van der Waals surface area (Å²) >= 11 is 14.8. The smallest absolute Gasteiger partial charge is 0.123 e. The fourth-order valence-corrected chi connectivity index (χ4v) is 25.4. The first-order chi connectivity index (χ1) is 60.8. The second kappa shape index (κ2) is 41.5. The molecule has 0 radical (unpaired) electrons. The molecule has 8 heterocycles. The summed E-state index contributed by atoms with van der Waals surface area (Å²) in [6, 6.07) is 77.3. The lowest BCUT2D eigenvalue weighted by Gasteiger charge is -2.20. The standard InChI is InChI=1S/C108H114O8S8/c1-13-21-25-67(17-5)63-113-79-53-71(49-75(57-79)109-9)91-33-41-99(117-91)103-45-37-95(121-103)87-61-88(96-38-46-104(122-96)100-42-34-92(118-100)72-50-76(110-10)58-80(54-72)114-64-68(18-6)26-22-14-2)84-31-32-86-90(98-40-48-106(124-98)102-44-36-94(120-102)74-52-78(112-12)60-82(56-74)116-66-70(20-8)28-24-16-4)62-89(85-30-29-83(87)107(84)108(85)86)97-39-47-105(123-97)101-43-35-93(119-101)73-51-77(111-11)59-81(55-73)115-65-69(19-7)27-23-15-3/h29-62,67-70H,13-28,63-66H2,1-12H3. The molecule has 16 heteroatoms. The third kappa shape index (κ3) is 20.1. The summed E-state index contributed by atoms with van der Waals surface area (Å²) < 4.78 is 50.1. The van der Waals surface area contributed by atoms with Gasteiger partial charge in [0.2, 0.25) is 0 Å². The zero-order valence-corrected chi connectivity index (χ0v) is 80.1. The number of hydrogen-bond donors (Lipinski definition) is 0. The van der Waals surface area contributed by atoms with Crippen LogP contribution in [0.1, 0.15) is 158 Å². The maximum absolute atomic E-state index is 6.58. The van der Waals surface area contributed by atoms with Crippen molar-refractivity contribution in [2.75, 3.05) is 54.9 Å². The maximum Gasteiger partial charge on any atom is 0.123 e. The monoisotopic (exact) mass is 1790 g/mol. The van der Waals surface area contributed by atoms with Crippen LogP contribution < -0.4 is 37.9 Å². The van der Waals surface area contributed by atoms with Gasteiger partial charge in [0.15, 0.2) is 0 Å². The van der Waals surface area contributed by atoms with Crippen molar-refractivity contribution in [1.82, 2.24) is 0 Å². The van der Waals surface area contributed by atoms with Gasteiger partial charge in [0.05, 0.1) is 54.9 Å². The molecule has 0 amide bonds. The normalized spacial score (nSPS) is 12.7. The summed E-state index contributed by atoms with van der Waals surface area (Å²) in [5.41, 5.74) is 9.23. The molecule has 8 aromatic heterocycles. The van der Waals surface area contributed by atoms with Gasteiger partial charge < -0.3 is 37.9 Å². The van der Waals surface area contributed by atoms with Crippen LogP contribution in [-0.4, -0.2) is 54.9 Å². The van der Waals surface area contributed by atoms with Gasteiger partial charge in [0.1, 0.15) is 46.0 Å². The van der Waals surface area contributed by atoms with E-state index in [1.165, 1.54) is 210 Å². The van der Waals surface area contributed by atoms with Crippen molar-refractivity contribution in [2.24, 2.45) is 23.7 Å². The van der Waals surface area contributed by atoms with Crippen LogP contribution in [0.5, 0.6) is 46.0 Å². The molecule has 0 N–H and O–H groups in total. The van der Waals surface area contributed by atoms with Gasteiger partial charge >= 0.3 is 0 Å². The molecule has 0 saturated carbocycles. The maximum atomic E-state index is 6.58. The van der Waals surface area contributed by atoms with E-state index in [1.54, 1.807) is 28.4 Å². The number of methoxy groups -OCH3 is 4. The molecule has 0 saturated heterocycles. The number of rotatable bonds is 44. The van der Waals surface area contributed by atoms with E-state index in [2.05, 4.69) is 237 Å². The summed E-state index contributed by atoms with van der Waals surface area (Å²) in [6.07, 6.45) is 18.7. The Hall–Kier alpha value is -9.20. The SMILES string of the molecule is CCCCC(CC)COc1cc(OC)cc(-c2ccc(-c3ccc(-c4cc(-c5ccc(-c6ccc(-c7cc(OC)cc(OCC(CC)CCCC)c7)s6)s5)c5ccc6c(-c7ccc(-c8ccc(-c9cc(OC)cc(OCC(CC)CCCC)c9)s8)s7)cc(-c7ccc(-c8ccc(-c9cc(OC)cc(OCC(CC)CCCC)c9)s8)s7)c7ccc4c5c76)s3)s2)c1. The Morgan fingerprint density at radius 3 is 0.589 bits per heavy atom. The summed E-state index contributed by atoms with van der Waals surface area (Å²) in [5, 5.41) is 7.46. The van der Waals surface area contributed by atoms with Crippen molar-refractivity contribution in [3.63, 3.8) is 0 Å². The molecule has 0 spiro atoms. The van der Waals surface area contributed by atoms with Crippen molar-refractivity contribution in [3.8, 4) is 169 Å². The minimum Gasteiger partial charge on any atom is -0.497 e. The highest BCUT2D eigenvalue weighted by molar-refractivity contribution is 7.27. The molecule has 8 aromatic carbocycles. The quantitative estimate of drug-likeness (QED) is 0.0350. The molecule has 642 valence electrons. The van der Waals surface area contributed by atoms with Crippen LogP contribution in [0, 0.1) is 23.7 Å². The van der Waals surface area contributed by atoms with E-state index in [1.807, 2.05) is 115 Å². The van der Waals surface area contributed by atoms with Crippen LogP contribution in [-0.2, 0) is 0 Å². The molecule has 0 fully saturated rings. The molecule has 124 heavy (non-hydrogen) atoms. The Balaban J connectivity index is 0.822. The van der Waals surface area contributed by atoms with Gasteiger partial charge in [-0.05, 0) is 262 Å². The average Bonchev–Trinajstić information content (AvgIpc) is 1.05. The molecule has 0 aliphatic heterocycles. The van der Waals surface area contributed by atoms with Gasteiger partial charge in [-0.25, -0.2) is 0 Å². The van der Waals surface area contributed by atoms with Gasteiger partial charge in [0, 0.05) is 125 Å². The summed E-state index contributed by atoms with van der Waals surface area (Å²) in [7, 11) is 6.99. The molecule has 8 nitrogen and oxygen atoms in total. The van der Waals surface area contributed by atoms with E-state index in [4.69, 9.17) is 37.9 Å². The minimum absolute atomic E-state index is 0.514. The highest BCUT2D eigenvalue weighted by Gasteiger charge is 2.27. The lowest BCUT2D eigenvalue weighted by atomic mass is 9.85. The van der Waals surface area contributed by atoms with E-state index in [0.29, 0.717) is 50.1 Å². The van der Waals surface area contributed by atoms with Crippen LogP contribution in [0.3, 0.4) is 0 Å². The lowest BCUT2D eigenvalue weighted by molar-refractivity contribution is 0.232. The first-order valence-electron chi connectivity index (χ1n) is 44.7. The number of hydrogen-bond acceptors (Lipinski definition) is 16. The summed E-state index contributed by atoms with van der Waals surface area (Å²) in [6.45, 7) is 20.9. The van der Waals surface area contributed by atoms with Crippen LogP contribution in [0.15, 0.2) is 206 Å². The minimum atomic E-state index is 0.514. The zero-order valence-electron chi connectivity index (χ0n) is 73.6. The number of benzene rings is 8. The predicted molar refractivity (Wildman–Crippen MR) is 540 cm³/mol. The van der Waals surface area contributed by atoms with Crippen LogP contribution in [0.2, 0.25) is 0 Å². The molecule has 0 bridgehead atoms. The Labute approximate surface area is 765 Å². The highest BCUT2D eigenvalue weighted by Crippen LogP contribution is 2.55. The van der Waals surface area contributed by atoms with Crippen LogP contribution in [0.4, 0.5) is 0 Å². The molecular formula is C108H114O8S8. The molecule has 16 aromatic rings. The van der Waals surface area contributed by atoms with Gasteiger partial charge in [0.25, 0.3) is 0 Å². The Bertz CT molecular complexity index is 5490. The molecule has 4 atom stereocenters. The molecule has 0 aliphatic carbocycles. The fraction of sp³-hybridized carbons (Fsp3) is 0.333. The third-order valence-corrected chi connectivity index (χ3v) is 34.3. The zero-order chi connectivity index (χ0) is 85.7. The van der Waals surface area contributed by atoms with Gasteiger partial charge in [-0.15, -0.1) is 90.7 Å². The molecular weight excluding hydrogens is 1680 g/mol. The van der Waals surface area contributed by atoms with Gasteiger partial charge in [-0.3, -0.25) is 0 Å². The van der Waals surface area contributed by atoms with Crippen molar-refractivity contribution in [3.05, 3.63) is 206 Å². The Morgan fingerprint density at radius 1 is 0.210 bits per heavy atom. The Morgan fingerprint density at radius 2 is 0.395 bits per heavy atom. The van der Waals surface area contributed by atoms with Gasteiger partial charge in [-0.2, -0.15) is 0 Å². The van der Waals surface area contributed by atoms with Crippen molar-refractivity contribution in [1.29, 1.82) is 0 Å².